The van der Waals surface area contributed by atoms with Crippen LogP contribution in [-0.2, 0) is 4.79 Å². The zero-order chi connectivity index (χ0) is 16.9. The number of aliphatic carboxylic acids is 1. The van der Waals surface area contributed by atoms with Crippen LogP contribution in [0.25, 0.3) is 10.8 Å². The maximum Gasteiger partial charge on any atom is 0.327 e. The van der Waals surface area contributed by atoms with E-state index in [1.165, 1.54) is 0 Å². The van der Waals surface area contributed by atoms with Gasteiger partial charge in [0.15, 0.2) is 0 Å². The molecule has 1 atom stereocenters. The monoisotopic (exact) mass is 311 g/mol. The molecule has 0 aliphatic carbocycles. The molecule has 0 fully saturated rings. The zero-order valence-corrected chi connectivity index (χ0v) is 13.2. The number of carbonyl (C=O) groups excluding carboxylic acids is 2. The highest BCUT2D eigenvalue weighted by Gasteiger charge is 2.47. The third-order valence-electron chi connectivity index (χ3n) is 4.10. The first-order valence-corrected chi connectivity index (χ1v) is 7.35. The van der Waals surface area contributed by atoms with Gasteiger partial charge in [0.2, 0.25) is 0 Å². The second kappa shape index (κ2) is 4.91. The van der Waals surface area contributed by atoms with Crippen LogP contribution in [0.2, 0.25) is 0 Å². The van der Waals surface area contributed by atoms with E-state index in [1.807, 2.05) is 24.3 Å². The SMILES string of the molecule is CC(C)(C)[C@H](C(=O)O)N1C(=O)c2cc3ccccc3cc2C1=O. The summed E-state index contributed by atoms with van der Waals surface area (Å²) in [7, 11) is 0. The summed E-state index contributed by atoms with van der Waals surface area (Å²) in [6.45, 7) is 5.10. The van der Waals surface area contributed by atoms with Gasteiger partial charge in [-0.2, -0.15) is 0 Å². The summed E-state index contributed by atoms with van der Waals surface area (Å²) in [6.07, 6.45) is 0. The summed E-state index contributed by atoms with van der Waals surface area (Å²) in [6, 6.07) is 9.52. The number of imide groups is 1. The van der Waals surface area contributed by atoms with Gasteiger partial charge in [-0.1, -0.05) is 45.0 Å². The average Bonchev–Trinajstić information content (AvgIpc) is 2.69. The lowest BCUT2D eigenvalue weighted by Crippen LogP contribution is -2.51. The van der Waals surface area contributed by atoms with Gasteiger partial charge in [0.25, 0.3) is 11.8 Å². The number of carboxylic acids is 1. The Morgan fingerprint density at radius 1 is 1.00 bits per heavy atom. The number of nitrogens with zero attached hydrogens (tertiary/aromatic N) is 1. The zero-order valence-electron chi connectivity index (χ0n) is 13.2. The minimum absolute atomic E-state index is 0.268. The van der Waals surface area contributed by atoms with Crippen molar-refractivity contribution in [1.29, 1.82) is 0 Å². The van der Waals surface area contributed by atoms with E-state index in [2.05, 4.69) is 0 Å². The minimum Gasteiger partial charge on any atom is -0.480 e. The predicted octanol–water partition coefficient (Wildman–Crippen LogP) is 2.94. The number of fused-ring (bicyclic) bond motifs is 2. The van der Waals surface area contributed by atoms with E-state index >= 15 is 0 Å². The lowest BCUT2D eigenvalue weighted by Gasteiger charge is -2.33. The molecule has 1 aliphatic rings. The summed E-state index contributed by atoms with van der Waals surface area (Å²) in [5, 5.41) is 11.2. The first-order chi connectivity index (χ1) is 10.7. The highest BCUT2D eigenvalue weighted by atomic mass is 16.4. The lowest BCUT2D eigenvalue weighted by molar-refractivity contribution is -0.145. The third kappa shape index (κ3) is 2.29. The molecule has 0 saturated carbocycles. The molecule has 5 nitrogen and oxygen atoms in total. The van der Waals surface area contributed by atoms with Gasteiger partial charge in [0.1, 0.15) is 6.04 Å². The number of hydrogen-bond acceptors (Lipinski definition) is 3. The Bertz CT molecular complexity index is 793. The van der Waals surface area contributed by atoms with Gasteiger partial charge >= 0.3 is 5.97 Å². The lowest BCUT2D eigenvalue weighted by atomic mass is 9.85. The molecule has 0 unspecified atom stereocenters. The van der Waals surface area contributed by atoms with Crippen molar-refractivity contribution < 1.29 is 19.5 Å². The second-order valence-electron chi connectivity index (χ2n) is 6.83. The Morgan fingerprint density at radius 3 is 1.78 bits per heavy atom. The minimum atomic E-state index is -1.21. The summed E-state index contributed by atoms with van der Waals surface area (Å²) in [5.74, 6) is -2.27. The van der Waals surface area contributed by atoms with E-state index in [0.29, 0.717) is 0 Å². The number of amides is 2. The third-order valence-corrected chi connectivity index (χ3v) is 4.10. The first kappa shape index (κ1) is 15.2. The number of hydrogen-bond donors (Lipinski definition) is 1. The molecule has 0 spiro atoms. The Morgan fingerprint density at radius 2 is 1.43 bits per heavy atom. The molecule has 0 aromatic heterocycles. The largest absolute Gasteiger partial charge is 0.480 e. The molecule has 1 aliphatic heterocycles. The van der Waals surface area contributed by atoms with Gasteiger partial charge in [-0.05, 0) is 28.3 Å². The molecule has 1 N–H and O–H groups in total. The van der Waals surface area contributed by atoms with E-state index in [-0.39, 0.29) is 11.1 Å². The normalized spacial score (nSPS) is 15.9. The van der Waals surface area contributed by atoms with Gasteiger partial charge in [-0.25, -0.2) is 4.79 Å². The second-order valence-corrected chi connectivity index (χ2v) is 6.83. The molecule has 0 saturated heterocycles. The molecule has 2 amide bonds. The molecule has 118 valence electrons. The molecule has 5 heteroatoms. The number of benzene rings is 2. The van der Waals surface area contributed by atoms with Gasteiger partial charge in [-0.15, -0.1) is 0 Å². The fourth-order valence-electron chi connectivity index (χ4n) is 3.05. The number of carboxylic acid groups (broad SMARTS) is 1. The molecule has 0 radical (unpaired) electrons. The van der Waals surface area contributed by atoms with Crippen LogP contribution in [-0.4, -0.2) is 33.8 Å². The fraction of sp³-hybridized carbons (Fsp3) is 0.278. The van der Waals surface area contributed by atoms with Crippen molar-refractivity contribution in [2.45, 2.75) is 26.8 Å². The quantitative estimate of drug-likeness (QED) is 0.865. The van der Waals surface area contributed by atoms with E-state index in [0.717, 1.165) is 15.7 Å². The molecule has 2 aromatic rings. The summed E-state index contributed by atoms with van der Waals surface area (Å²) in [4.78, 5) is 37.9. The maximum atomic E-state index is 12.7. The Labute approximate surface area is 133 Å². The van der Waals surface area contributed by atoms with Crippen LogP contribution in [0.3, 0.4) is 0 Å². The van der Waals surface area contributed by atoms with Crippen LogP contribution >= 0.6 is 0 Å². The van der Waals surface area contributed by atoms with E-state index < -0.39 is 29.2 Å². The highest BCUT2D eigenvalue weighted by Crippen LogP contribution is 2.34. The number of carbonyl (C=O) groups is 3. The topological polar surface area (TPSA) is 74.7 Å². The molecule has 23 heavy (non-hydrogen) atoms. The van der Waals surface area contributed by atoms with Crippen LogP contribution in [0.5, 0.6) is 0 Å². The Hall–Kier alpha value is -2.69. The number of rotatable bonds is 2. The average molecular weight is 311 g/mol. The fourth-order valence-corrected chi connectivity index (χ4v) is 3.05. The smallest absolute Gasteiger partial charge is 0.327 e. The maximum absolute atomic E-state index is 12.7. The van der Waals surface area contributed by atoms with Gasteiger partial charge in [0.05, 0.1) is 11.1 Å². The van der Waals surface area contributed by atoms with E-state index in [1.54, 1.807) is 32.9 Å². The Kier molecular flexibility index (Phi) is 3.25. The van der Waals surface area contributed by atoms with E-state index in [4.69, 9.17) is 0 Å². The Balaban J connectivity index is 2.17. The first-order valence-electron chi connectivity index (χ1n) is 7.35. The van der Waals surface area contributed by atoms with Crippen molar-refractivity contribution >= 4 is 28.6 Å². The van der Waals surface area contributed by atoms with Crippen LogP contribution in [0, 0.1) is 5.41 Å². The molecular weight excluding hydrogens is 294 g/mol. The molecule has 2 aromatic carbocycles. The van der Waals surface area contributed by atoms with Crippen molar-refractivity contribution in [1.82, 2.24) is 4.90 Å². The highest BCUT2D eigenvalue weighted by molar-refractivity contribution is 6.24. The van der Waals surface area contributed by atoms with Crippen molar-refractivity contribution in [3.63, 3.8) is 0 Å². The summed E-state index contributed by atoms with van der Waals surface area (Å²) in [5.41, 5.74) is -0.230. The molecule has 1 heterocycles. The molecule has 0 bridgehead atoms. The van der Waals surface area contributed by atoms with Gasteiger partial charge in [0, 0.05) is 0 Å². The van der Waals surface area contributed by atoms with E-state index in [9.17, 15) is 19.5 Å². The molecule has 3 rings (SSSR count). The summed E-state index contributed by atoms with van der Waals surface area (Å²) >= 11 is 0. The van der Waals surface area contributed by atoms with Crippen LogP contribution in [0.1, 0.15) is 41.5 Å². The van der Waals surface area contributed by atoms with Crippen molar-refractivity contribution in [3.8, 4) is 0 Å². The van der Waals surface area contributed by atoms with Gasteiger partial charge < -0.3 is 5.11 Å². The van der Waals surface area contributed by atoms with Crippen molar-refractivity contribution in [2.24, 2.45) is 5.41 Å². The van der Waals surface area contributed by atoms with Crippen molar-refractivity contribution in [2.75, 3.05) is 0 Å². The van der Waals surface area contributed by atoms with Crippen LogP contribution in [0.15, 0.2) is 36.4 Å². The van der Waals surface area contributed by atoms with Crippen LogP contribution < -0.4 is 0 Å². The van der Waals surface area contributed by atoms with Crippen molar-refractivity contribution in [3.05, 3.63) is 47.5 Å². The van der Waals surface area contributed by atoms with Gasteiger partial charge in [-0.3, -0.25) is 14.5 Å². The summed E-state index contributed by atoms with van der Waals surface area (Å²) < 4.78 is 0. The predicted molar refractivity (Wildman–Crippen MR) is 85.3 cm³/mol. The van der Waals surface area contributed by atoms with Crippen LogP contribution in [0.4, 0.5) is 0 Å². The standard InChI is InChI=1S/C18H17NO4/c1-18(2,3)14(17(22)23)19-15(20)12-8-10-6-4-5-7-11(10)9-13(12)16(19)21/h4-9,14H,1-3H3,(H,22,23)/t14-/m0/s1. The molecular formula is C18H17NO4.